The summed E-state index contributed by atoms with van der Waals surface area (Å²) in [6.07, 6.45) is 0. The second-order valence-electron chi connectivity index (χ2n) is 2.10. The van der Waals surface area contributed by atoms with Crippen molar-refractivity contribution in [3.63, 3.8) is 0 Å². The van der Waals surface area contributed by atoms with Gasteiger partial charge in [0.05, 0.1) is 0 Å². The van der Waals surface area contributed by atoms with E-state index in [1.54, 1.807) is 0 Å². The van der Waals surface area contributed by atoms with Crippen LogP contribution in [0.25, 0.3) is 0 Å². The zero-order valence-electron chi connectivity index (χ0n) is 6.05. The van der Waals surface area contributed by atoms with Crippen LogP contribution in [0.15, 0.2) is 16.6 Å². The molecule has 13 heavy (non-hydrogen) atoms. The van der Waals surface area contributed by atoms with Crippen LogP contribution in [0.3, 0.4) is 0 Å². The van der Waals surface area contributed by atoms with Crippen LogP contribution in [-0.2, 0) is 0 Å². The number of nitrogens with zero attached hydrogens (tertiary/aromatic N) is 1. The molecule has 0 aliphatic heterocycles. The van der Waals surface area contributed by atoms with Gasteiger partial charge in [-0.15, -0.1) is 0 Å². The Morgan fingerprint density at radius 1 is 1.08 bits per heavy atom. The monoisotopic (exact) mass is 369 g/mol. The Morgan fingerprint density at radius 3 is 1.77 bits per heavy atom. The predicted molar refractivity (Wildman–Crippen MR) is 58.5 cm³/mol. The van der Waals surface area contributed by atoms with Gasteiger partial charge in [-0.1, -0.05) is 15.9 Å². The van der Waals surface area contributed by atoms with E-state index in [9.17, 15) is 9.59 Å². The van der Waals surface area contributed by atoms with Crippen molar-refractivity contribution in [3.05, 3.63) is 28.0 Å². The van der Waals surface area contributed by atoms with E-state index in [0.717, 1.165) is 0 Å². The van der Waals surface area contributed by atoms with E-state index >= 15 is 0 Å². The van der Waals surface area contributed by atoms with Crippen LogP contribution in [0.4, 0.5) is 0 Å². The van der Waals surface area contributed by atoms with Crippen molar-refractivity contribution >= 4 is 57.2 Å². The Kier molecular flexibility index (Phi) is 3.75. The fourth-order valence-electron chi connectivity index (χ4n) is 0.699. The first-order valence-corrected chi connectivity index (χ1v) is 5.46. The van der Waals surface area contributed by atoms with Crippen molar-refractivity contribution in [1.82, 2.24) is 4.98 Å². The van der Waals surface area contributed by atoms with Crippen LogP contribution in [0.2, 0.25) is 0 Å². The lowest BCUT2D eigenvalue weighted by Crippen LogP contribution is -2.00. The zero-order valence-corrected chi connectivity index (χ0v) is 10.8. The average molecular weight is 372 g/mol. The first-order chi connectivity index (χ1) is 6.00. The van der Waals surface area contributed by atoms with E-state index in [1.807, 2.05) is 0 Å². The maximum absolute atomic E-state index is 10.9. The minimum absolute atomic E-state index is 0.192. The number of carbonyl (C=O) groups is 2. The lowest BCUT2D eigenvalue weighted by molar-refractivity contribution is 0.108. The van der Waals surface area contributed by atoms with Crippen LogP contribution in [0, 0.1) is 0 Å². The average Bonchev–Trinajstić information content (AvgIpc) is 2.03. The molecule has 0 saturated carbocycles. The van der Waals surface area contributed by atoms with Crippen molar-refractivity contribution in [2.24, 2.45) is 0 Å². The highest BCUT2D eigenvalue weighted by Crippen LogP contribution is 2.16. The van der Waals surface area contributed by atoms with Crippen molar-refractivity contribution in [1.29, 1.82) is 0 Å². The lowest BCUT2D eigenvalue weighted by atomic mass is 10.3. The van der Waals surface area contributed by atoms with Gasteiger partial charge in [0.25, 0.3) is 0 Å². The first kappa shape index (κ1) is 11.0. The van der Waals surface area contributed by atoms with E-state index in [4.69, 9.17) is 0 Å². The SMILES string of the molecule is O=C(Br)c1cc(Br)cc(C(=O)Br)n1. The molecule has 0 atom stereocenters. The normalized spacial score (nSPS) is 9.77. The van der Waals surface area contributed by atoms with Gasteiger partial charge in [0.1, 0.15) is 11.4 Å². The van der Waals surface area contributed by atoms with Crippen LogP contribution in [0.5, 0.6) is 0 Å². The molecule has 0 N–H and O–H groups in total. The quantitative estimate of drug-likeness (QED) is 0.751. The molecule has 1 aromatic rings. The summed E-state index contributed by atoms with van der Waals surface area (Å²) in [6.45, 7) is 0. The molecular weight excluding hydrogens is 370 g/mol. The molecule has 1 rings (SSSR count). The molecule has 0 spiro atoms. The van der Waals surface area contributed by atoms with Gasteiger partial charge in [-0.25, -0.2) is 4.98 Å². The highest BCUT2D eigenvalue weighted by atomic mass is 79.9. The summed E-state index contributed by atoms with van der Waals surface area (Å²) in [6, 6.07) is 3.05. The molecule has 3 nitrogen and oxygen atoms in total. The third kappa shape index (κ3) is 2.96. The van der Waals surface area contributed by atoms with E-state index in [2.05, 4.69) is 52.8 Å². The van der Waals surface area contributed by atoms with E-state index in [1.165, 1.54) is 12.1 Å². The standard InChI is InChI=1S/C7H2Br3NO2/c8-3-1-4(6(9)12)11-5(2-3)7(10)13/h1-2H. The Morgan fingerprint density at radius 2 is 1.46 bits per heavy atom. The molecular formula is C7H2Br3NO2. The molecule has 0 aliphatic rings. The third-order valence-corrected chi connectivity index (χ3v) is 2.46. The second-order valence-corrected chi connectivity index (χ2v) is 4.46. The number of hydrogen-bond donors (Lipinski definition) is 0. The Bertz CT molecular complexity index is 346. The van der Waals surface area contributed by atoms with E-state index in [0.29, 0.717) is 4.47 Å². The van der Waals surface area contributed by atoms with Crippen molar-refractivity contribution in [2.75, 3.05) is 0 Å². The van der Waals surface area contributed by atoms with Gasteiger partial charge in [0.15, 0.2) is 0 Å². The molecule has 0 aliphatic carbocycles. The maximum atomic E-state index is 10.9. The summed E-state index contributed by atoms with van der Waals surface area (Å²) in [5.74, 6) is 0. The number of halogens is 3. The smallest absolute Gasteiger partial charge is 0.246 e. The van der Waals surface area contributed by atoms with Gasteiger partial charge >= 0.3 is 0 Å². The highest BCUT2D eigenvalue weighted by molar-refractivity contribution is 9.18. The minimum atomic E-state index is -0.358. The second kappa shape index (κ2) is 4.43. The van der Waals surface area contributed by atoms with Gasteiger partial charge in [-0.05, 0) is 44.0 Å². The molecule has 0 saturated heterocycles. The topological polar surface area (TPSA) is 47.0 Å². The molecule has 0 aromatic carbocycles. The van der Waals surface area contributed by atoms with Crippen molar-refractivity contribution in [2.45, 2.75) is 0 Å². The minimum Gasteiger partial charge on any atom is -0.279 e. The van der Waals surface area contributed by atoms with Crippen molar-refractivity contribution < 1.29 is 9.59 Å². The lowest BCUT2D eigenvalue weighted by Gasteiger charge is -1.98. The van der Waals surface area contributed by atoms with Gasteiger partial charge in [0, 0.05) is 4.47 Å². The number of hydrogen-bond acceptors (Lipinski definition) is 3. The number of aromatic nitrogens is 1. The number of pyridine rings is 1. The van der Waals surface area contributed by atoms with Crippen molar-refractivity contribution in [3.8, 4) is 0 Å². The van der Waals surface area contributed by atoms with E-state index < -0.39 is 0 Å². The maximum Gasteiger partial charge on any atom is 0.246 e. The summed E-state index contributed by atoms with van der Waals surface area (Å²) in [5.41, 5.74) is 0.384. The molecule has 0 unspecified atom stereocenters. The van der Waals surface area contributed by atoms with Crippen LogP contribution in [-0.4, -0.2) is 14.4 Å². The molecule has 0 bridgehead atoms. The first-order valence-electron chi connectivity index (χ1n) is 3.08. The third-order valence-electron chi connectivity index (χ3n) is 1.19. The number of rotatable bonds is 2. The van der Waals surface area contributed by atoms with Gasteiger partial charge in [0.2, 0.25) is 9.39 Å². The van der Waals surface area contributed by atoms with E-state index in [-0.39, 0.29) is 20.8 Å². The summed E-state index contributed by atoms with van der Waals surface area (Å²) in [5, 5.41) is 0. The fraction of sp³-hybridized carbons (Fsp3) is 0. The van der Waals surface area contributed by atoms with Crippen LogP contribution in [0.1, 0.15) is 21.0 Å². The Labute approximate surface area is 99.3 Å². The molecule has 1 heterocycles. The van der Waals surface area contributed by atoms with Gasteiger partial charge in [-0.3, -0.25) is 9.59 Å². The molecule has 6 heteroatoms. The predicted octanol–water partition coefficient (Wildman–Crippen LogP) is 2.91. The van der Waals surface area contributed by atoms with Gasteiger partial charge in [-0.2, -0.15) is 0 Å². The summed E-state index contributed by atoms with van der Waals surface area (Å²) < 4.78 is -0.0827. The summed E-state index contributed by atoms with van der Waals surface area (Å²) >= 11 is 8.67. The van der Waals surface area contributed by atoms with Gasteiger partial charge < -0.3 is 0 Å². The summed E-state index contributed by atoms with van der Waals surface area (Å²) in [7, 11) is 0. The molecule has 0 fully saturated rings. The Hall–Kier alpha value is -0.0700. The zero-order chi connectivity index (χ0) is 10.0. The molecule has 0 amide bonds. The van der Waals surface area contributed by atoms with Crippen LogP contribution >= 0.6 is 47.8 Å². The number of carbonyl (C=O) groups excluding carboxylic acids is 2. The largest absolute Gasteiger partial charge is 0.279 e. The van der Waals surface area contributed by atoms with Crippen LogP contribution < -0.4 is 0 Å². The molecule has 68 valence electrons. The molecule has 0 radical (unpaired) electrons. The Balaban J connectivity index is 3.26. The fourth-order valence-corrected chi connectivity index (χ4v) is 1.54. The summed E-state index contributed by atoms with van der Waals surface area (Å²) in [4.78, 5) is 25.6. The highest BCUT2D eigenvalue weighted by Gasteiger charge is 2.09. The molecule has 1 aromatic heterocycles.